The molecule has 0 aliphatic rings. The van der Waals surface area contributed by atoms with Crippen LogP contribution in [0.2, 0.25) is 5.02 Å². The fourth-order valence-corrected chi connectivity index (χ4v) is 3.34. The van der Waals surface area contributed by atoms with Crippen LogP contribution in [0.5, 0.6) is 0 Å². The third kappa shape index (κ3) is 4.68. The highest BCUT2D eigenvalue weighted by Gasteiger charge is 2.12. The number of nitrogens with zero attached hydrogens (tertiary/aromatic N) is 4. The summed E-state index contributed by atoms with van der Waals surface area (Å²) >= 11 is 7.23. The van der Waals surface area contributed by atoms with Crippen LogP contribution in [0.25, 0.3) is 0 Å². The highest BCUT2D eigenvalue weighted by atomic mass is 35.5. The van der Waals surface area contributed by atoms with Crippen LogP contribution in [0.3, 0.4) is 0 Å². The zero-order chi connectivity index (χ0) is 18.5. The molecule has 0 saturated carbocycles. The summed E-state index contributed by atoms with van der Waals surface area (Å²) in [5.41, 5.74) is 2.18. The Morgan fingerprint density at radius 1 is 1.19 bits per heavy atom. The Labute approximate surface area is 161 Å². The van der Waals surface area contributed by atoms with Crippen molar-refractivity contribution in [1.82, 2.24) is 24.6 Å². The van der Waals surface area contributed by atoms with Crippen LogP contribution in [0.15, 0.2) is 47.8 Å². The molecular weight excluding hydrogens is 370 g/mol. The minimum absolute atomic E-state index is 0.0445. The normalized spacial score (nSPS) is 10.9. The maximum absolute atomic E-state index is 12.1. The highest BCUT2D eigenvalue weighted by Crippen LogP contribution is 2.17. The lowest BCUT2D eigenvalue weighted by atomic mass is 10.2. The minimum Gasteiger partial charge on any atom is -0.354 e. The van der Waals surface area contributed by atoms with Gasteiger partial charge < -0.3 is 14.5 Å². The molecule has 136 valence electrons. The molecule has 1 aromatic carbocycles. The summed E-state index contributed by atoms with van der Waals surface area (Å²) in [6, 6.07) is 11.5. The molecule has 26 heavy (non-hydrogen) atoms. The van der Waals surface area contributed by atoms with Gasteiger partial charge in [0.2, 0.25) is 5.91 Å². The predicted octanol–water partition coefficient (Wildman–Crippen LogP) is 2.81. The van der Waals surface area contributed by atoms with Gasteiger partial charge in [0.1, 0.15) is 5.82 Å². The van der Waals surface area contributed by atoms with Gasteiger partial charge in [0, 0.05) is 44.0 Å². The number of carbonyl (C=O) groups excluding carboxylic acids is 1. The highest BCUT2D eigenvalue weighted by molar-refractivity contribution is 7.99. The van der Waals surface area contributed by atoms with Crippen LogP contribution in [0, 0.1) is 0 Å². The zero-order valence-corrected chi connectivity index (χ0v) is 16.2. The Kier molecular flexibility index (Phi) is 6.00. The molecule has 0 atom stereocenters. The van der Waals surface area contributed by atoms with Gasteiger partial charge in [0.25, 0.3) is 0 Å². The van der Waals surface area contributed by atoms with Crippen molar-refractivity contribution in [2.75, 3.05) is 5.75 Å². The number of hydrogen-bond donors (Lipinski definition) is 1. The molecule has 0 unspecified atom stereocenters. The van der Waals surface area contributed by atoms with Crippen LogP contribution >= 0.6 is 23.4 Å². The molecule has 0 aliphatic heterocycles. The number of carbonyl (C=O) groups is 1. The van der Waals surface area contributed by atoms with Crippen molar-refractivity contribution in [2.45, 2.75) is 18.1 Å². The predicted molar refractivity (Wildman–Crippen MR) is 103 cm³/mol. The third-order valence-corrected chi connectivity index (χ3v) is 5.32. The molecule has 0 saturated heterocycles. The number of rotatable bonds is 7. The van der Waals surface area contributed by atoms with E-state index in [4.69, 9.17) is 11.6 Å². The molecule has 2 heterocycles. The molecule has 3 aromatic rings. The molecule has 0 spiro atoms. The van der Waals surface area contributed by atoms with Crippen molar-refractivity contribution in [3.63, 3.8) is 0 Å². The lowest BCUT2D eigenvalue weighted by Gasteiger charge is -2.06. The third-order valence-electron chi connectivity index (χ3n) is 4.05. The van der Waals surface area contributed by atoms with Gasteiger partial charge in [0.05, 0.1) is 5.75 Å². The van der Waals surface area contributed by atoms with Gasteiger partial charge in [-0.05, 0) is 29.8 Å². The quantitative estimate of drug-likeness (QED) is 0.631. The lowest BCUT2D eigenvalue weighted by molar-refractivity contribution is -0.118. The first-order valence-corrected chi connectivity index (χ1v) is 9.51. The van der Waals surface area contributed by atoms with Crippen molar-refractivity contribution in [1.29, 1.82) is 0 Å². The topological polar surface area (TPSA) is 64.7 Å². The second kappa shape index (κ2) is 8.42. The number of benzene rings is 1. The molecule has 0 bridgehead atoms. The van der Waals surface area contributed by atoms with Crippen LogP contribution < -0.4 is 5.32 Å². The number of aryl methyl sites for hydroxylation is 1. The van der Waals surface area contributed by atoms with Crippen LogP contribution in [0.4, 0.5) is 0 Å². The van der Waals surface area contributed by atoms with Crippen molar-refractivity contribution < 1.29 is 4.79 Å². The monoisotopic (exact) mass is 389 g/mol. The van der Waals surface area contributed by atoms with E-state index < -0.39 is 0 Å². The molecule has 0 aliphatic carbocycles. The summed E-state index contributed by atoms with van der Waals surface area (Å²) in [5, 5.41) is 12.8. The Balaban J connectivity index is 1.50. The molecule has 1 N–H and O–H groups in total. The Morgan fingerprint density at radius 2 is 1.96 bits per heavy atom. The van der Waals surface area contributed by atoms with Crippen LogP contribution in [-0.4, -0.2) is 31.0 Å². The number of amides is 1. The van der Waals surface area contributed by atoms with Crippen molar-refractivity contribution in [3.8, 4) is 0 Å². The molecule has 8 heteroatoms. The first-order chi connectivity index (χ1) is 12.5. The van der Waals surface area contributed by atoms with E-state index in [1.807, 2.05) is 55.2 Å². The Morgan fingerprint density at radius 3 is 2.65 bits per heavy atom. The van der Waals surface area contributed by atoms with Crippen molar-refractivity contribution in [3.05, 3.63) is 64.7 Å². The Bertz CT molecular complexity index is 887. The van der Waals surface area contributed by atoms with E-state index in [2.05, 4.69) is 26.1 Å². The molecule has 0 radical (unpaired) electrons. The van der Waals surface area contributed by atoms with Crippen molar-refractivity contribution in [2.24, 2.45) is 14.1 Å². The summed E-state index contributed by atoms with van der Waals surface area (Å²) in [6.07, 6.45) is 2.71. The maximum Gasteiger partial charge on any atom is 0.230 e. The number of nitrogens with one attached hydrogen (secondary N) is 1. The van der Waals surface area contributed by atoms with Gasteiger partial charge in [-0.15, -0.1) is 10.2 Å². The summed E-state index contributed by atoms with van der Waals surface area (Å²) in [6.45, 7) is 0.480. The first kappa shape index (κ1) is 18.5. The van der Waals surface area contributed by atoms with Crippen molar-refractivity contribution >= 4 is 29.3 Å². The average molecular weight is 390 g/mol. The number of hydrogen-bond acceptors (Lipinski definition) is 4. The van der Waals surface area contributed by atoms with Gasteiger partial charge >= 0.3 is 0 Å². The van der Waals surface area contributed by atoms with Crippen LogP contribution in [0.1, 0.15) is 17.1 Å². The van der Waals surface area contributed by atoms with E-state index >= 15 is 0 Å². The SMILES string of the molecule is Cn1cccc1Cc1nnc(SCC(=O)NCc2ccc(Cl)cc2)n1C. The van der Waals surface area contributed by atoms with E-state index in [1.165, 1.54) is 11.8 Å². The smallest absolute Gasteiger partial charge is 0.230 e. The van der Waals surface area contributed by atoms with Gasteiger partial charge in [-0.25, -0.2) is 0 Å². The fourth-order valence-electron chi connectivity index (χ4n) is 2.45. The molecule has 0 fully saturated rings. The fraction of sp³-hybridized carbons (Fsp3) is 0.278. The first-order valence-electron chi connectivity index (χ1n) is 8.15. The molecular formula is C18H20ClN5OS. The Hall–Kier alpha value is -2.25. The van der Waals surface area contributed by atoms with Crippen LogP contribution in [-0.2, 0) is 31.9 Å². The lowest BCUT2D eigenvalue weighted by Crippen LogP contribution is -2.24. The van der Waals surface area contributed by atoms with Gasteiger partial charge in [-0.3, -0.25) is 4.79 Å². The second-order valence-corrected chi connectivity index (χ2v) is 7.32. The summed E-state index contributed by atoms with van der Waals surface area (Å²) in [7, 11) is 3.93. The van der Waals surface area contributed by atoms with E-state index in [0.717, 1.165) is 22.2 Å². The summed E-state index contributed by atoms with van der Waals surface area (Å²) in [5.74, 6) is 1.12. The zero-order valence-electron chi connectivity index (χ0n) is 14.6. The average Bonchev–Trinajstić information content (AvgIpc) is 3.19. The second-order valence-electron chi connectivity index (χ2n) is 5.94. The van der Waals surface area contributed by atoms with Gasteiger partial charge in [-0.1, -0.05) is 35.5 Å². The summed E-state index contributed by atoms with van der Waals surface area (Å²) in [4.78, 5) is 12.1. The maximum atomic E-state index is 12.1. The van der Waals surface area contributed by atoms with Gasteiger partial charge in [-0.2, -0.15) is 0 Å². The number of thioether (sulfide) groups is 1. The van der Waals surface area contributed by atoms with E-state index in [1.54, 1.807) is 0 Å². The molecule has 3 rings (SSSR count). The van der Waals surface area contributed by atoms with Gasteiger partial charge in [0.15, 0.2) is 5.16 Å². The summed E-state index contributed by atoms with van der Waals surface area (Å²) < 4.78 is 4.00. The molecule has 2 aromatic heterocycles. The van der Waals surface area contributed by atoms with E-state index in [9.17, 15) is 4.79 Å². The molecule has 6 nitrogen and oxygen atoms in total. The number of halogens is 1. The van der Waals surface area contributed by atoms with E-state index in [-0.39, 0.29) is 5.91 Å². The largest absolute Gasteiger partial charge is 0.354 e. The van der Waals surface area contributed by atoms with E-state index in [0.29, 0.717) is 23.7 Å². The molecule has 1 amide bonds. The minimum atomic E-state index is -0.0445. The standard InChI is InChI=1S/C18H20ClN5OS/c1-23-9-3-4-15(23)10-16-21-22-18(24(16)2)26-12-17(25)20-11-13-5-7-14(19)8-6-13/h3-9H,10-12H2,1-2H3,(H,20,25). The number of aromatic nitrogens is 4.